The number of carbonyl (C=O) groups is 1. The van der Waals surface area contributed by atoms with Gasteiger partial charge in [-0.3, -0.25) is 4.79 Å². The van der Waals surface area contributed by atoms with Crippen LogP contribution in [-0.2, 0) is 0 Å². The van der Waals surface area contributed by atoms with Crippen molar-refractivity contribution in [1.82, 2.24) is 0 Å². The van der Waals surface area contributed by atoms with Crippen LogP contribution in [-0.4, -0.2) is 5.78 Å². The van der Waals surface area contributed by atoms with Crippen LogP contribution in [0.4, 0.5) is 0 Å². The molecule has 0 spiro atoms. The van der Waals surface area contributed by atoms with Crippen molar-refractivity contribution < 1.29 is 4.79 Å². The highest BCUT2D eigenvalue weighted by atomic mass is 16.1. The van der Waals surface area contributed by atoms with Crippen molar-refractivity contribution in [2.75, 3.05) is 0 Å². The Morgan fingerprint density at radius 2 is 1.81 bits per heavy atom. The second-order valence-electron chi connectivity index (χ2n) is 4.58. The van der Waals surface area contributed by atoms with Gasteiger partial charge in [-0.1, -0.05) is 49.3 Å². The zero-order valence-electron chi connectivity index (χ0n) is 9.78. The predicted molar refractivity (Wildman–Crippen MR) is 67.4 cm³/mol. The molecule has 1 saturated carbocycles. The maximum absolute atomic E-state index is 11.1. The molecule has 1 aliphatic carbocycles. The Morgan fingerprint density at radius 3 is 2.38 bits per heavy atom. The number of hydrogen-bond acceptors (Lipinski definition) is 1. The van der Waals surface area contributed by atoms with Crippen LogP contribution in [0, 0.1) is 5.92 Å². The summed E-state index contributed by atoms with van der Waals surface area (Å²) >= 11 is 0. The van der Waals surface area contributed by atoms with Crippen molar-refractivity contribution in [3.05, 3.63) is 41.5 Å². The summed E-state index contributed by atoms with van der Waals surface area (Å²) in [4.78, 5) is 11.1. The normalized spacial score (nSPS) is 17.1. The third kappa shape index (κ3) is 2.82. The Labute approximate surface area is 97.2 Å². The van der Waals surface area contributed by atoms with E-state index < -0.39 is 0 Å². The molecule has 0 aliphatic heterocycles. The van der Waals surface area contributed by atoms with E-state index in [1.54, 1.807) is 6.92 Å². The number of benzene rings is 1. The first-order chi connectivity index (χ1) is 7.75. The molecule has 0 unspecified atom stereocenters. The van der Waals surface area contributed by atoms with Gasteiger partial charge in [0.25, 0.3) is 0 Å². The van der Waals surface area contributed by atoms with Gasteiger partial charge in [-0.25, -0.2) is 0 Å². The molecule has 0 saturated heterocycles. The quantitative estimate of drug-likeness (QED) is 0.692. The van der Waals surface area contributed by atoms with Crippen molar-refractivity contribution in [2.45, 2.75) is 32.6 Å². The smallest absolute Gasteiger partial charge is 0.159 e. The molecular weight excluding hydrogens is 196 g/mol. The molecule has 84 valence electrons. The fourth-order valence-corrected chi connectivity index (χ4v) is 2.23. The average molecular weight is 214 g/mol. The van der Waals surface area contributed by atoms with Gasteiger partial charge >= 0.3 is 0 Å². The Hall–Kier alpha value is -1.37. The van der Waals surface area contributed by atoms with Gasteiger partial charge in [0.2, 0.25) is 0 Å². The maximum Gasteiger partial charge on any atom is 0.159 e. The molecule has 2 rings (SSSR count). The lowest BCUT2D eigenvalue weighted by atomic mass is 10.0. The van der Waals surface area contributed by atoms with Crippen molar-refractivity contribution >= 4 is 11.9 Å². The third-order valence-electron chi connectivity index (χ3n) is 3.28. The molecule has 0 heterocycles. The van der Waals surface area contributed by atoms with Gasteiger partial charge in [0, 0.05) is 5.56 Å². The first-order valence-corrected chi connectivity index (χ1v) is 6.05. The largest absolute Gasteiger partial charge is 0.295 e. The first-order valence-electron chi connectivity index (χ1n) is 6.05. The molecule has 16 heavy (non-hydrogen) atoms. The SMILES string of the molecule is CC(=O)c1ccc(/C=C\C2CCCC2)cc1. The van der Waals surface area contributed by atoms with Gasteiger partial charge in [-0.2, -0.15) is 0 Å². The first kappa shape index (κ1) is 11.1. The van der Waals surface area contributed by atoms with E-state index in [1.807, 2.05) is 24.3 Å². The van der Waals surface area contributed by atoms with E-state index in [0.29, 0.717) is 0 Å². The van der Waals surface area contributed by atoms with Crippen LogP contribution in [0.1, 0.15) is 48.5 Å². The van der Waals surface area contributed by atoms with Crippen LogP contribution in [0.25, 0.3) is 6.08 Å². The number of ketones is 1. The molecule has 1 aromatic rings. The summed E-state index contributed by atoms with van der Waals surface area (Å²) in [5.41, 5.74) is 1.98. The van der Waals surface area contributed by atoms with Gasteiger partial charge in [0.05, 0.1) is 0 Å². The van der Waals surface area contributed by atoms with Crippen LogP contribution in [0.2, 0.25) is 0 Å². The van der Waals surface area contributed by atoms with Crippen molar-refractivity contribution in [2.24, 2.45) is 5.92 Å². The Bertz CT molecular complexity index is 380. The standard InChI is InChI=1S/C15H18O/c1-12(16)15-10-8-14(9-11-15)7-6-13-4-2-3-5-13/h6-11,13H,2-5H2,1H3/b7-6-. The summed E-state index contributed by atoms with van der Waals surface area (Å²) in [7, 11) is 0. The van der Waals surface area contributed by atoms with Gasteiger partial charge in [0.1, 0.15) is 0 Å². The lowest BCUT2D eigenvalue weighted by Gasteiger charge is -2.01. The summed E-state index contributed by atoms with van der Waals surface area (Å²) in [6, 6.07) is 7.83. The zero-order chi connectivity index (χ0) is 11.4. The molecule has 0 aromatic heterocycles. The van der Waals surface area contributed by atoms with Crippen molar-refractivity contribution in [3.8, 4) is 0 Å². The van der Waals surface area contributed by atoms with Gasteiger partial charge < -0.3 is 0 Å². The van der Waals surface area contributed by atoms with Crippen molar-refractivity contribution in [3.63, 3.8) is 0 Å². The maximum atomic E-state index is 11.1. The van der Waals surface area contributed by atoms with E-state index in [1.165, 1.54) is 31.2 Å². The molecule has 0 radical (unpaired) electrons. The minimum atomic E-state index is 0.131. The Kier molecular flexibility index (Phi) is 3.55. The van der Waals surface area contributed by atoms with Crippen LogP contribution >= 0.6 is 0 Å². The minimum absolute atomic E-state index is 0.131. The second kappa shape index (κ2) is 5.11. The molecular formula is C15H18O. The van der Waals surface area contributed by atoms with Crippen molar-refractivity contribution in [1.29, 1.82) is 0 Å². The molecule has 1 heteroatoms. The van der Waals surface area contributed by atoms with Gasteiger partial charge in [0.15, 0.2) is 5.78 Å². The molecule has 1 aliphatic rings. The van der Waals surface area contributed by atoms with E-state index in [2.05, 4.69) is 12.2 Å². The van der Waals surface area contributed by atoms with Gasteiger partial charge in [-0.15, -0.1) is 0 Å². The number of Topliss-reactive ketones (excluding diaryl/α,β-unsaturated/α-hetero) is 1. The van der Waals surface area contributed by atoms with Gasteiger partial charge in [-0.05, 0) is 31.2 Å². The molecule has 0 N–H and O–H groups in total. The monoisotopic (exact) mass is 214 g/mol. The fraction of sp³-hybridized carbons (Fsp3) is 0.400. The molecule has 0 atom stereocenters. The number of hydrogen-bond donors (Lipinski definition) is 0. The van der Waals surface area contributed by atoms with E-state index in [4.69, 9.17) is 0 Å². The molecule has 1 nitrogen and oxygen atoms in total. The predicted octanol–water partition coefficient (Wildman–Crippen LogP) is 4.09. The fourth-order valence-electron chi connectivity index (χ4n) is 2.23. The average Bonchev–Trinajstić information content (AvgIpc) is 2.80. The Balaban J connectivity index is 2.01. The van der Waals surface area contributed by atoms with Crippen LogP contribution < -0.4 is 0 Å². The number of allylic oxidation sites excluding steroid dienone is 1. The van der Waals surface area contributed by atoms with E-state index in [0.717, 1.165) is 11.5 Å². The Morgan fingerprint density at radius 1 is 1.19 bits per heavy atom. The molecule has 1 fully saturated rings. The third-order valence-corrected chi connectivity index (χ3v) is 3.28. The molecule has 0 amide bonds. The topological polar surface area (TPSA) is 17.1 Å². The van der Waals surface area contributed by atoms with Crippen LogP contribution in [0.3, 0.4) is 0 Å². The lowest BCUT2D eigenvalue weighted by molar-refractivity contribution is 0.101. The summed E-state index contributed by atoms with van der Waals surface area (Å²) in [6.07, 6.45) is 9.91. The van der Waals surface area contributed by atoms with E-state index >= 15 is 0 Å². The summed E-state index contributed by atoms with van der Waals surface area (Å²) in [6.45, 7) is 1.60. The van der Waals surface area contributed by atoms with E-state index in [9.17, 15) is 4.79 Å². The summed E-state index contributed by atoms with van der Waals surface area (Å²) < 4.78 is 0. The highest BCUT2D eigenvalue weighted by Gasteiger charge is 2.10. The molecule has 1 aromatic carbocycles. The lowest BCUT2D eigenvalue weighted by Crippen LogP contribution is -1.90. The van der Waals surface area contributed by atoms with Crippen LogP contribution in [0.5, 0.6) is 0 Å². The highest BCUT2D eigenvalue weighted by Crippen LogP contribution is 2.26. The number of carbonyl (C=O) groups excluding carboxylic acids is 1. The van der Waals surface area contributed by atoms with E-state index in [-0.39, 0.29) is 5.78 Å². The summed E-state index contributed by atoms with van der Waals surface area (Å²) in [5, 5.41) is 0. The zero-order valence-corrected chi connectivity index (χ0v) is 9.78. The second-order valence-corrected chi connectivity index (χ2v) is 4.58. The number of rotatable bonds is 3. The summed E-state index contributed by atoms with van der Waals surface area (Å²) in [5.74, 6) is 0.902. The van der Waals surface area contributed by atoms with Crippen LogP contribution in [0.15, 0.2) is 30.3 Å². The highest BCUT2D eigenvalue weighted by molar-refractivity contribution is 5.94. The molecule has 0 bridgehead atoms. The minimum Gasteiger partial charge on any atom is -0.295 e.